The number of rotatable bonds is 2. The summed E-state index contributed by atoms with van der Waals surface area (Å²) in [7, 11) is 0. The van der Waals surface area contributed by atoms with Gasteiger partial charge in [-0.15, -0.1) is 0 Å². The average Bonchev–Trinajstić information content (AvgIpc) is 2.68. The minimum Gasteiger partial charge on any atom is -0.369 e. The van der Waals surface area contributed by atoms with Crippen LogP contribution in [0.4, 0.5) is 10.3 Å². The topological polar surface area (TPSA) is 43.8 Å². The Balaban J connectivity index is 1.97. The molecule has 0 saturated carbocycles. The number of hydrogen-bond acceptors (Lipinski definition) is 4. The maximum absolute atomic E-state index is 13.7. The van der Waals surface area contributed by atoms with Crippen LogP contribution in [-0.2, 0) is 6.54 Å². The molecule has 1 aliphatic heterocycles. The number of aromatic nitrogens is 2. The first-order valence-electron chi connectivity index (χ1n) is 5.95. The molecule has 1 unspecified atom stereocenters. The first-order valence-corrected chi connectivity index (χ1v) is 9.23. The van der Waals surface area contributed by atoms with E-state index in [4.69, 9.17) is 5.73 Å². The van der Waals surface area contributed by atoms with Crippen LogP contribution in [0.3, 0.4) is 0 Å². The highest BCUT2D eigenvalue weighted by Crippen LogP contribution is 2.29. The molecule has 1 aromatic heterocycles. The van der Waals surface area contributed by atoms with Crippen LogP contribution in [0.15, 0.2) is 12.1 Å². The molecular weight excluding hydrogens is 396 g/mol. The summed E-state index contributed by atoms with van der Waals surface area (Å²) in [5.74, 6) is 3.78. The molecule has 2 heterocycles. The van der Waals surface area contributed by atoms with Crippen molar-refractivity contribution in [3.8, 4) is 0 Å². The van der Waals surface area contributed by atoms with Gasteiger partial charge in [-0.1, -0.05) is 0 Å². The van der Waals surface area contributed by atoms with Gasteiger partial charge in [0.2, 0.25) is 5.95 Å². The molecule has 1 aromatic carbocycles. The molecule has 19 heavy (non-hydrogen) atoms. The molecule has 7 heteroatoms. The lowest BCUT2D eigenvalue weighted by atomic mass is 10.3. The van der Waals surface area contributed by atoms with Crippen molar-refractivity contribution in [2.24, 2.45) is 0 Å². The smallest absolute Gasteiger partial charge is 0.201 e. The molecule has 0 spiro atoms. The third-order valence-electron chi connectivity index (χ3n) is 3.09. The molecule has 3 rings (SSSR count). The van der Waals surface area contributed by atoms with Crippen LogP contribution >= 0.6 is 46.1 Å². The molecule has 3 nitrogen and oxygen atoms in total. The number of nitrogens with two attached hydrogens (primary N) is 1. The fourth-order valence-corrected chi connectivity index (χ4v) is 5.28. The molecule has 1 aliphatic rings. The van der Waals surface area contributed by atoms with Crippen molar-refractivity contribution in [1.82, 2.24) is 9.55 Å². The number of imidazole rings is 1. The van der Waals surface area contributed by atoms with E-state index >= 15 is 0 Å². The molecule has 0 bridgehead atoms. The summed E-state index contributed by atoms with van der Waals surface area (Å²) in [5.41, 5.74) is 7.55. The molecule has 0 amide bonds. The van der Waals surface area contributed by atoms with Gasteiger partial charge in [0.1, 0.15) is 5.82 Å². The van der Waals surface area contributed by atoms with Crippen molar-refractivity contribution in [2.75, 3.05) is 23.0 Å². The molecular formula is C12H13FIN3S2. The summed E-state index contributed by atoms with van der Waals surface area (Å²) >= 11 is 5.91. The van der Waals surface area contributed by atoms with Crippen molar-refractivity contribution in [3.63, 3.8) is 0 Å². The lowest BCUT2D eigenvalue weighted by Gasteiger charge is -2.22. The Morgan fingerprint density at radius 3 is 3.05 bits per heavy atom. The van der Waals surface area contributed by atoms with Crippen molar-refractivity contribution in [3.05, 3.63) is 21.5 Å². The summed E-state index contributed by atoms with van der Waals surface area (Å²) in [6.07, 6.45) is 0. The predicted octanol–water partition coefficient (Wildman–Crippen LogP) is 3.21. The maximum Gasteiger partial charge on any atom is 0.201 e. The van der Waals surface area contributed by atoms with Crippen LogP contribution in [-0.4, -0.2) is 32.1 Å². The molecule has 102 valence electrons. The minimum absolute atomic E-state index is 0.208. The standard InChI is InChI=1S/C12H13FIN3S2/c13-8-3-11-10(4-9(8)14)16-12(15)17(11)5-7-6-18-1-2-19-7/h3-4,7H,1-2,5-6H2,(H2,15,16). The van der Waals surface area contributed by atoms with E-state index < -0.39 is 0 Å². The third kappa shape index (κ3) is 2.82. The van der Waals surface area contributed by atoms with Crippen LogP contribution < -0.4 is 5.73 Å². The van der Waals surface area contributed by atoms with Crippen molar-refractivity contribution < 1.29 is 4.39 Å². The minimum atomic E-state index is -0.208. The molecule has 1 atom stereocenters. The summed E-state index contributed by atoms with van der Waals surface area (Å²) in [5, 5.41) is 0.529. The zero-order valence-electron chi connectivity index (χ0n) is 10.1. The van der Waals surface area contributed by atoms with Gasteiger partial charge in [-0.3, -0.25) is 0 Å². The summed E-state index contributed by atoms with van der Waals surface area (Å²) < 4.78 is 16.2. The Bertz CT molecular complexity index is 611. The summed E-state index contributed by atoms with van der Waals surface area (Å²) in [4.78, 5) is 4.33. The second-order valence-corrected chi connectivity index (χ2v) is 8.12. The number of hydrogen-bond donors (Lipinski definition) is 1. The highest BCUT2D eigenvalue weighted by Gasteiger charge is 2.18. The highest BCUT2D eigenvalue weighted by molar-refractivity contribution is 14.1. The van der Waals surface area contributed by atoms with Gasteiger partial charge in [0, 0.05) is 35.1 Å². The zero-order chi connectivity index (χ0) is 13.4. The van der Waals surface area contributed by atoms with Crippen molar-refractivity contribution >= 4 is 63.1 Å². The fourth-order valence-electron chi connectivity index (χ4n) is 2.18. The monoisotopic (exact) mass is 409 g/mol. The lowest BCUT2D eigenvalue weighted by Crippen LogP contribution is -2.21. The van der Waals surface area contributed by atoms with Crippen molar-refractivity contribution in [2.45, 2.75) is 11.8 Å². The average molecular weight is 409 g/mol. The fraction of sp³-hybridized carbons (Fsp3) is 0.417. The molecule has 1 saturated heterocycles. The van der Waals surface area contributed by atoms with Gasteiger partial charge in [-0.25, -0.2) is 9.37 Å². The largest absolute Gasteiger partial charge is 0.369 e. The first-order chi connectivity index (χ1) is 9.15. The Kier molecular flexibility index (Phi) is 4.14. The van der Waals surface area contributed by atoms with E-state index in [9.17, 15) is 4.39 Å². The molecule has 1 fully saturated rings. The van der Waals surface area contributed by atoms with Gasteiger partial charge in [0.15, 0.2) is 0 Å². The molecule has 0 aliphatic carbocycles. The Labute approximate surface area is 133 Å². The number of benzene rings is 1. The first kappa shape index (κ1) is 13.8. The van der Waals surface area contributed by atoms with Gasteiger partial charge in [0.25, 0.3) is 0 Å². The van der Waals surface area contributed by atoms with Crippen molar-refractivity contribution in [1.29, 1.82) is 0 Å². The normalized spacial score (nSPS) is 20.0. The van der Waals surface area contributed by atoms with E-state index in [0.29, 0.717) is 14.8 Å². The van der Waals surface area contributed by atoms with Gasteiger partial charge >= 0.3 is 0 Å². The Morgan fingerprint density at radius 1 is 1.47 bits per heavy atom. The lowest BCUT2D eigenvalue weighted by molar-refractivity contribution is 0.620. The number of fused-ring (bicyclic) bond motifs is 1. The van der Waals surface area contributed by atoms with Gasteiger partial charge in [0.05, 0.1) is 14.6 Å². The second-order valence-electron chi connectivity index (χ2n) is 4.40. The Morgan fingerprint density at radius 2 is 2.32 bits per heavy atom. The van der Waals surface area contributed by atoms with Gasteiger partial charge in [-0.2, -0.15) is 23.5 Å². The number of thioether (sulfide) groups is 2. The SMILES string of the molecule is Nc1nc2cc(I)c(F)cc2n1CC1CSCCS1. The summed E-state index contributed by atoms with van der Waals surface area (Å²) in [6, 6.07) is 3.29. The number of nitrogen functional groups attached to an aromatic ring is 1. The second kappa shape index (κ2) is 5.69. The third-order valence-corrected chi connectivity index (χ3v) is 6.74. The van der Waals surface area contributed by atoms with E-state index in [-0.39, 0.29) is 5.82 Å². The molecule has 0 radical (unpaired) electrons. The predicted molar refractivity (Wildman–Crippen MR) is 90.4 cm³/mol. The Hall–Kier alpha value is -0.150. The molecule has 2 N–H and O–H groups in total. The van der Waals surface area contributed by atoms with Gasteiger partial charge < -0.3 is 10.3 Å². The van der Waals surface area contributed by atoms with Gasteiger partial charge in [-0.05, 0) is 28.7 Å². The van der Waals surface area contributed by atoms with E-state index in [1.165, 1.54) is 11.5 Å². The number of anilines is 1. The van der Waals surface area contributed by atoms with Crippen LogP contribution in [0.1, 0.15) is 0 Å². The van der Waals surface area contributed by atoms with Crippen LogP contribution in [0.5, 0.6) is 0 Å². The zero-order valence-corrected chi connectivity index (χ0v) is 13.9. The van der Waals surface area contributed by atoms with Crippen LogP contribution in [0.25, 0.3) is 11.0 Å². The number of halogens is 2. The number of nitrogens with zero attached hydrogens (tertiary/aromatic N) is 2. The van der Waals surface area contributed by atoms with E-state index in [0.717, 1.165) is 23.3 Å². The summed E-state index contributed by atoms with van der Waals surface area (Å²) in [6.45, 7) is 0.806. The molecule has 2 aromatic rings. The maximum atomic E-state index is 13.7. The van der Waals surface area contributed by atoms with Crippen LogP contribution in [0, 0.1) is 9.39 Å². The van der Waals surface area contributed by atoms with E-state index in [1.807, 2.05) is 50.7 Å². The van der Waals surface area contributed by atoms with Crippen LogP contribution in [0.2, 0.25) is 0 Å². The van der Waals surface area contributed by atoms with E-state index in [1.54, 1.807) is 12.1 Å². The van der Waals surface area contributed by atoms with E-state index in [2.05, 4.69) is 4.98 Å². The quantitative estimate of drug-likeness (QED) is 0.774. The highest BCUT2D eigenvalue weighted by atomic mass is 127.